The minimum absolute atomic E-state index is 0.100. The monoisotopic (exact) mass is 372 g/mol. The summed E-state index contributed by atoms with van der Waals surface area (Å²) in [7, 11) is 0. The van der Waals surface area contributed by atoms with E-state index in [0.29, 0.717) is 23.5 Å². The number of aromatic hydroxyl groups is 1. The predicted octanol–water partition coefficient (Wildman–Crippen LogP) is 6.68. The van der Waals surface area contributed by atoms with Crippen LogP contribution in [0.25, 0.3) is 0 Å². The molecule has 2 aliphatic carbocycles. The van der Waals surface area contributed by atoms with E-state index in [1.165, 1.54) is 63.4 Å². The van der Waals surface area contributed by atoms with Crippen LogP contribution in [0, 0.1) is 11.8 Å². The van der Waals surface area contributed by atoms with E-state index in [0.717, 1.165) is 18.4 Å². The first-order chi connectivity index (χ1) is 12.9. The van der Waals surface area contributed by atoms with Crippen LogP contribution in [0.4, 0.5) is 0 Å². The summed E-state index contributed by atoms with van der Waals surface area (Å²) in [6.45, 7) is 6.85. The van der Waals surface area contributed by atoms with Crippen LogP contribution < -0.4 is 0 Å². The minimum atomic E-state index is -0.205. The highest BCUT2D eigenvalue weighted by Crippen LogP contribution is 2.50. The molecule has 0 radical (unpaired) electrons. The number of unbranched alkanes of at least 4 members (excludes halogenated alkanes) is 3. The average Bonchev–Trinajstić information content (AvgIpc) is 2.64. The van der Waals surface area contributed by atoms with Crippen molar-refractivity contribution in [2.45, 2.75) is 109 Å². The number of rotatable bonds is 7. The van der Waals surface area contributed by atoms with Crippen molar-refractivity contribution >= 4 is 0 Å². The molecule has 0 saturated heterocycles. The average molecular weight is 373 g/mol. The van der Waals surface area contributed by atoms with E-state index in [2.05, 4.69) is 32.9 Å². The largest absolute Gasteiger partial charge is 0.508 e. The Morgan fingerprint density at radius 3 is 2.56 bits per heavy atom. The predicted molar refractivity (Wildman–Crippen MR) is 113 cm³/mol. The van der Waals surface area contributed by atoms with Crippen molar-refractivity contribution in [3.63, 3.8) is 0 Å². The van der Waals surface area contributed by atoms with Gasteiger partial charge in [-0.25, -0.2) is 0 Å². The molecule has 2 heteroatoms. The van der Waals surface area contributed by atoms with Gasteiger partial charge in [0.25, 0.3) is 0 Å². The Bertz CT molecular complexity index is 606. The Kier molecular flexibility index (Phi) is 6.89. The molecule has 0 heterocycles. The normalized spacial score (nSPS) is 28.7. The molecule has 0 spiro atoms. The summed E-state index contributed by atoms with van der Waals surface area (Å²) >= 11 is 0. The van der Waals surface area contributed by atoms with E-state index >= 15 is 0 Å². The van der Waals surface area contributed by atoms with Gasteiger partial charge in [0.05, 0.1) is 6.10 Å². The van der Waals surface area contributed by atoms with Crippen LogP contribution in [0.2, 0.25) is 0 Å². The van der Waals surface area contributed by atoms with Crippen LogP contribution in [0.15, 0.2) is 18.2 Å². The summed E-state index contributed by atoms with van der Waals surface area (Å²) in [5, 5.41) is 21.3. The van der Waals surface area contributed by atoms with Gasteiger partial charge in [-0.2, -0.15) is 0 Å². The third kappa shape index (κ3) is 4.88. The van der Waals surface area contributed by atoms with Gasteiger partial charge in [-0.15, -0.1) is 0 Å². The maximum Gasteiger partial charge on any atom is 0.119 e. The van der Waals surface area contributed by atoms with Gasteiger partial charge in [0.2, 0.25) is 0 Å². The van der Waals surface area contributed by atoms with Crippen LogP contribution in [-0.2, 0) is 5.41 Å². The van der Waals surface area contributed by atoms with Crippen molar-refractivity contribution < 1.29 is 10.2 Å². The first-order valence-corrected chi connectivity index (χ1v) is 11.4. The minimum Gasteiger partial charge on any atom is -0.508 e. The maximum absolute atomic E-state index is 10.9. The van der Waals surface area contributed by atoms with Crippen molar-refractivity contribution in [1.82, 2.24) is 0 Å². The molecule has 0 amide bonds. The molecule has 4 atom stereocenters. The number of benzene rings is 1. The molecule has 0 unspecified atom stereocenters. The summed E-state index contributed by atoms with van der Waals surface area (Å²) < 4.78 is 0. The highest BCUT2D eigenvalue weighted by Gasteiger charge is 2.40. The van der Waals surface area contributed by atoms with E-state index in [1.54, 1.807) is 0 Å². The second kappa shape index (κ2) is 8.99. The fraction of sp³-hybridized carbons (Fsp3) is 0.760. The van der Waals surface area contributed by atoms with Gasteiger partial charge in [-0.3, -0.25) is 0 Å². The molecule has 0 aliphatic heterocycles. The highest BCUT2D eigenvalue weighted by atomic mass is 16.3. The first-order valence-electron chi connectivity index (χ1n) is 11.4. The number of hydrogen-bond donors (Lipinski definition) is 2. The standard InChI is InChI=1S/C25H40O2/c1-4-5-6-9-14-25(2,3)19-12-13-22(24(27)16-19)23-17-20(26)15-18-10-7-8-11-21(18)23/h12-13,16,18,20-21,23,26-27H,4-11,14-15,17H2,1-3H3/t18-,20+,21+,23+/m0/s1. The smallest absolute Gasteiger partial charge is 0.119 e. The Morgan fingerprint density at radius 1 is 1.04 bits per heavy atom. The lowest BCUT2D eigenvalue weighted by atomic mass is 9.62. The molecule has 2 aliphatic rings. The number of phenolic OH excluding ortho intramolecular Hbond substituents is 1. The fourth-order valence-electron chi connectivity index (χ4n) is 5.75. The van der Waals surface area contributed by atoms with Crippen molar-refractivity contribution in [3.8, 4) is 5.75 Å². The van der Waals surface area contributed by atoms with Gasteiger partial charge in [-0.05, 0) is 66.0 Å². The fourth-order valence-corrected chi connectivity index (χ4v) is 5.75. The Morgan fingerprint density at radius 2 is 1.81 bits per heavy atom. The molecule has 2 nitrogen and oxygen atoms in total. The maximum atomic E-state index is 10.9. The third-order valence-electron chi connectivity index (χ3n) is 7.45. The lowest BCUT2D eigenvalue weighted by Crippen LogP contribution is -2.36. The first kappa shape index (κ1) is 20.7. The Balaban J connectivity index is 1.75. The van der Waals surface area contributed by atoms with Crippen LogP contribution in [0.3, 0.4) is 0 Å². The van der Waals surface area contributed by atoms with E-state index in [4.69, 9.17) is 0 Å². The van der Waals surface area contributed by atoms with Crippen LogP contribution in [0.5, 0.6) is 5.75 Å². The zero-order valence-electron chi connectivity index (χ0n) is 17.7. The van der Waals surface area contributed by atoms with Crippen molar-refractivity contribution in [1.29, 1.82) is 0 Å². The zero-order valence-corrected chi connectivity index (χ0v) is 17.7. The molecule has 3 rings (SSSR count). The molecule has 0 aromatic heterocycles. The van der Waals surface area contributed by atoms with Crippen molar-refractivity contribution in [2.75, 3.05) is 0 Å². The Hall–Kier alpha value is -1.02. The number of fused-ring (bicyclic) bond motifs is 1. The molecule has 27 heavy (non-hydrogen) atoms. The van der Waals surface area contributed by atoms with E-state index in [-0.39, 0.29) is 11.5 Å². The second-order valence-corrected chi connectivity index (χ2v) is 9.91. The zero-order chi connectivity index (χ0) is 19.4. The molecule has 2 fully saturated rings. The van der Waals surface area contributed by atoms with Gasteiger partial charge in [-0.1, -0.05) is 77.8 Å². The van der Waals surface area contributed by atoms with Crippen molar-refractivity contribution in [3.05, 3.63) is 29.3 Å². The van der Waals surface area contributed by atoms with Gasteiger partial charge in [0.1, 0.15) is 5.75 Å². The lowest BCUT2D eigenvalue weighted by Gasteiger charge is -2.43. The molecule has 152 valence electrons. The van der Waals surface area contributed by atoms with Crippen LogP contribution in [0.1, 0.15) is 108 Å². The second-order valence-electron chi connectivity index (χ2n) is 9.91. The molecule has 1 aromatic rings. The molecular formula is C25H40O2. The van der Waals surface area contributed by atoms with E-state index < -0.39 is 0 Å². The number of aliphatic hydroxyl groups excluding tert-OH is 1. The lowest BCUT2D eigenvalue weighted by molar-refractivity contribution is 0.0322. The molecule has 2 saturated carbocycles. The SMILES string of the molecule is CCCCCCC(C)(C)c1ccc([C@@H]2C[C@H](O)C[C@@H]3CCCC[C@H]32)c(O)c1. The summed E-state index contributed by atoms with van der Waals surface area (Å²) in [4.78, 5) is 0. The number of phenols is 1. The van der Waals surface area contributed by atoms with Gasteiger partial charge in [0, 0.05) is 0 Å². The van der Waals surface area contributed by atoms with E-state index in [1.807, 2.05) is 6.07 Å². The molecule has 0 bridgehead atoms. The topological polar surface area (TPSA) is 40.5 Å². The quantitative estimate of drug-likeness (QED) is 0.524. The number of hydrogen-bond acceptors (Lipinski definition) is 2. The van der Waals surface area contributed by atoms with Gasteiger partial charge in [0.15, 0.2) is 0 Å². The highest BCUT2D eigenvalue weighted by molar-refractivity contribution is 5.42. The molecule has 2 N–H and O–H groups in total. The Labute approximate surface area is 166 Å². The van der Waals surface area contributed by atoms with Crippen LogP contribution >= 0.6 is 0 Å². The van der Waals surface area contributed by atoms with Crippen molar-refractivity contribution in [2.24, 2.45) is 11.8 Å². The number of aliphatic hydroxyl groups is 1. The third-order valence-corrected chi connectivity index (χ3v) is 7.45. The summed E-state index contributed by atoms with van der Waals surface area (Å²) in [5.74, 6) is 2.06. The summed E-state index contributed by atoms with van der Waals surface area (Å²) in [6, 6.07) is 6.44. The summed E-state index contributed by atoms with van der Waals surface area (Å²) in [6.07, 6.45) is 13.0. The molecule has 1 aromatic carbocycles. The van der Waals surface area contributed by atoms with E-state index in [9.17, 15) is 10.2 Å². The van der Waals surface area contributed by atoms with Gasteiger partial charge >= 0.3 is 0 Å². The van der Waals surface area contributed by atoms with Crippen LogP contribution in [-0.4, -0.2) is 16.3 Å². The van der Waals surface area contributed by atoms with Gasteiger partial charge < -0.3 is 10.2 Å². The summed E-state index contributed by atoms with van der Waals surface area (Å²) in [5.41, 5.74) is 2.43. The molecular weight excluding hydrogens is 332 g/mol.